The Kier molecular flexibility index (Phi) is 9.08. The minimum Gasteiger partial charge on any atom is -0.461 e. The molecule has 0 radical (unpaired) electrons. The van der Waals surface area contributed by atoms with Crippen LogP contribution in [0.4, 0.5) is 24.0 Å². The third-order valence-corrected chi connectivity index (χ3v) is 11.5. The molecule has 0 saturated carbocycles. The number of nitriles is 1. The first-order valence-corrected chi connectivity index (χ1v) is 17.6. The molecule has 0 aliphatic carbocycles. The van der Waals surface area contributed by atoms with E-state index >= 15 is 4.39 Å². The monoisotopic (exact) mass is 705 g/mol. The molecule has 50 heavy (non-hydrogen) atoms. The van der Waals surface area contributed by atoms with Gasteiger partial charge in [-0.3, -0.25) is 9.69 Å². The zero-order chi connectivity index (χ0) is 35.3. The second-order valence-corrected chi connectivity index (χ2v) is 14.2. The molecule has 3 aliphatic rings. The third-order valence-electron chi connectivity index (χ3n) is 10.5. The molecular formula is C36H38F3N7O3S. The number of methoxy groups -OCH3 is 1. The number of likely N-dealkylation sites (tertiary alicyclic amines) is 1. The lowest BCUT2D eigenvalue weighted by molar-refractivity contribution is -0.127. The number of thiophene rings is 1. The summed E-state index contributed by atoms with van der Waals surface area (Å²) in [7, 11) is 1.58. The number of hydrogen-bond acceptors (Lipinski definition) is 10. The van der Waals surface area contributed by atoms with Gasteiger partial charge in [0.1, 0.15) is 41.3 Å². The van der Waals surface area contributed by atoms with Crippen molar-refractivity contribution in [3.05, 3.63) is 54.1 Å². The van der Waals surface area contributed by atoms with Gasteiger partial charge in [-0.05, 0) is 62.6 Å². The molecule has 2 aromatic carbocycles. The van der Waals surface area contributed by atoms with Crippen LogP contribution in [0, 0.1) is 23.0 Å². The standard InChI is InChI=1S/C36H38F3N7O3S/c1-4-30(47)46-12-9-28(29(46)18-48-3)45(5-2)34-23-13-26(39)22(21-7-8-25(38)32-31(21)24(16-40)33(41)50-32)14-27(23)42-35(43-34)49-19-36-10-6-11-44(36)17-20(37)15-36/h4,7-8,13-14,20,28-29H,1,5-6,9-12,15,17-19,41H2,2-3H3/t20-,28-,29-,36+/m1/s1. The van der Waals surface area contributed by atoms with Crippen LogP contribution in [0.3, 0.4) is 0 Å². The number of hydrogen-bond donors (Lipinski definition) is 1. The van der Waals surface area contributed by atoms with Crippen LogP contribution in [-0.4, -0.2) is 96.0 Å². The number of nitrogens with two attached hydrogens (primary N) is 1. The second kappa shape index (κ2) is 13.4. The first-order chi connectivity index (χ1) is 24.1. The van der Waals surface area contributed by atoms with Gasteiger partial charge in [-0.1, -0.05) is 12.6 Å². The van der Waals surface area contributed by atoms with Crippen LogP contribution < -0.4 is 15.4 Å². The molecule has 3 fully saturated rings. The van der Waals surface area contributed by atoms with Crippen LogP contribution >= 0.6 is 11.3 Å². The molecule has 1 amide bonds. The van der Waals surface area contributed by atoms with Gasteiger partial charge >= 0.3 is 6.01 Å². The molecule has 2 N–H and O–H groups in total. The quantitative estimate of drug-likeness (QED) is 0.203. The number of ether oxygens (including phenoxy) is 2. The molecule has 0 spiro atoms. The van der Waals surface area contributed by atoms with E-state index in [0.29, 0.717) is 54.8 Å². The van der Waals surface area contributed by atoms with Gasteiger partial charge in [0.05, 0.1) is 40.0 Å². The van der Waals surface area contributed by atoms with Crippen LogP contribution in [0.25, 0.3) is 32.1 Å². The highest BCUT2D eigenvalue weighted by Gasteiger charge is 2.49. The molecule has 0 unspecified atom stereocenters. The van der Waals surface area contributed by atoms with Gasteiger partial charge in [-0.15, -0.1) is 11.3 Å². The van der Waals surface area contributed by atoms with Gasteiger partial charge in [0.2, 0.25) is 5.91 Å². The lowest BCUT2D eigenvalue weighted by Gasteiger charge is -2.36. The van der Waals surface area contributed by atoms with Crippen LogP contribution in [0.2, 0.25) is 0 Å². The SMILES string of the molecule is C=CC(=O)N1CC[C@@H](N(CC)c2nc(OC[C@@]34CCCN3C[C@H](F)C4)nc3cc(-c4ccc(F)c5sc(N)c(C#N)c45)c(F)cc23)[C@H]1COC. The second-order valence-electron chi connectivity index (χ2n) is 13.2. The van der Waals surface area contributed by atoms with Gasteiger partial charge in [-0.25, -0.2) is 13.2 Å². The van der Waals surface area contributed by atoms with E-state index in [4.69, 9.17) is 25.2 Å². The number of likely N-dealkylation sites (N-methyl/N-ethyl adjacent to an activating group) is 1. The van der Waals surface area contributed by atoms with Crippen molar-refractivity contribution in [1.29, 1.82) is 5.26 Å². The topological polar surface area (TPSA) is 121 Å². The Balaban J connectivity index is 1.38. The normalized spacial score (nSPS) is 23.4. The van der Waals surface area contributed by atoms with Gasteiger partial charge in [0.25, 0.3) is 0 Å². The number of halogens is 3. The van der Waals surface area contributed by atoms with Crippen molar-refractivity contribution in [2.24, 2.45) is 0 Å². The fourth-order valence-electron chi connectivity index (χ4n) is 8.28. The smallest absolute Gasteiger partial charge is 0.319 e. The summed E-state index contributed by atoms with van der Waals surface area (Å²) in [5.41, 5.74) is 6.47. The number of anilines is 2. The maximum Gasteiger partial charge on any atom is 0.319 e. The zero-order valence-electron chi connectivity index (χ0n) is 27.9. The summed E-state index contributed by atoms with van der Waals surface area (Å²) in [4.78, 5) is 28.3. The Bertz CT molecular complexity index is 2040. The maximum absolute atomic E-state index is 16.4. The lowest BCUT2D eigenvalue weighted by atomic mass is 9.95. The first kappa shape index (κ1) is 34.0. The van der Waals surface area contributed by atoms with Gasteiger partial charge in [-0.2, -0.15) is 15.2 Å². The van der Waals surface area contributed by atoms with Crippen molar-refractivity contribution >= 4 is 49.1 Å². The number of benzene rings is 2. The fourth-order valence-corrected chi connectivity index (χ4v) is 9.23. The van der Waals surface area contributed by atoms with Crippen LogP contribution in [-0.2, 0) is 9.53 Å². The summed E-state index contributed by atoms with van der Waals surface area (Å²) in [6.07, 6.45) is 3.05. The zero-order valence-corrected chi connectivity index (χ0v) is 28.7. The highest BCUT2D eigenvalue weighted by atomic mass is 32.1. The van der Waals surface area contributed by atoms with Crippen molar-refractivity contribution in [3.63, 3.8) is 0 Å². The summed E-state index contributed by atoms with van der Waals surface area (Å²) in [6, 6.07) is 7.09. The summed E-state index contributed by atoms with van der Waals surface area (Å²) < 4.78 is 58.0. The highest BCUT2D eigenvalue weighted by Crippen LogP contribution is 2.44. The third kappa shape index (κ3) is 5.61. The average Bonchev–Trinajstić information content (AvgIpc) is 3.85. The largest absolute Gasteiger partial charge is 0.461 e. The highest BCUT2D eigenvalue weighted by molar-refractivity contribution is 7.23. The van der Waals surface area contributed by atoms with E-state index in [1.165, 1.54) is 24.3 Å². The molecule has 5 heterocycles. The number of fused-ring (bicyclic) bond motifs is 3. The molecule has 7 rings (SSSR count). The maximum atomic E-state index is 16.4. The molecule has 10 nitrogen and oxygen atoms in total. The minimum absolute atomic E-state index is 0.0501. The number of alkyl halides is 1. The molecule has 4 aromatic rings. The van der Waals surface area contributed by atoms with Crippen molar-refractivity contribution in [1.82, 2.24) is 19.8 Å². The van der Waals surface area contributed by atoms with Crippen LogP contribution in [0.1, 0.15) is 38.2 Å². The Labute approximate surface area is 291 Å². The number of rotatable bonds is 10. The molecule has 4 atom stereocenters. The summed E-state index contributed by atoms with van der Waals surface area (Å²) in [6.45, 7) is 8.16. The molecule has 0 bridgehead atoms. The van der Waals surface area contributed by atoms with Gasteiger partial charge in [0, 0.05) is 49.5 Å². The molecule has 3 aliphatic heterocycles. The van der Waals surface area contributed by atoms with Gasteiger partial charge in [0.15, 0.2) is 0 Å². The number of nitrogen functional groups attached to an aromatic ring is 1. The van der Waals surface area contributed by atoms with E-state index in [1.807, 2.05) is 17.9 Å². The number of aromatic nitrogens is 2. The predicted octanol–water partition coefficient (Wildman–Crippen LogP) is 5.83. The van der Waals surface area contributed by atoms with E-state index in [0.717, 1.165) is 30.7 Å². The Hall–Kier alpha value is -4.45. The Morgan fingerprint density at radius 3 is 2.82 bits per heavy atom. The summed E-state index contributed by atoms with van der Waals surface area (Å²) in [5.74, 6) is -0.986. The summed E-state index contributed by atoms with van der Waals surface area (Å²) >= 11 is 0.938. The van der Waals surface area contributed by atoms with Crippen LogP contribution in [0.5, 0.6) is 6.01 Å². The number of carbonyl (C=O) groups is 1. The molecular weight excluding hydrogens is 668 g/mol. The molecule has 14 heteroatoms. The predicted molar refractivity (Wildman–Crippen MR) is 187 cm³/mol. The van der Waals surface area contributed by atoms with Crippen molar-refractivity contribution in [2.45, 2.75) is 56.4 Å². The van der Waals surface area contributed by atoms with Gasteiger partial charge < -0.3 is 25.0 Å². The van der Waals surface area contributed by atoms with E-state index in [1.54, 1.807) is 18.1 Å². The lowest BCUT2D eigenvalue weighted by Crippen LogP contribution is -2.49. The van der Waals surface area contributed by atoms with E-state index < -0.39 is 23.3 Å². The van der Waals surface area contributed by atoms with Crippen molar-refractivity contribution in [2.75, 3.05) is 57.1 Å². The average molecular weight is 706 g/mol. The number of carbonyl (C=O) groups excluding carboxylic acids is 1. The summed E-state index contributed by atoms with van der Waals surface area (Å²) in [5, 5.41) is 10.7. The Morgan fingerprint density at radius 1 is 1.26 bits per heavy atom. The van der Waals surface area contributed by atoms with E-state index in [9.17, 15) is 18.8 Å². The molecule has 262 valence electrons. The fraction of sp³-hybridized carbons (Fsp3) is 0.444. The van der Waals surface area contributed by atoms with E-state index in [-0.39, 0.29) is 63.4 Å². The number of amides is 1. The van der Waals surface area contributed by atoms with Crippen molar-refractivity contribution < 1.29 is 27.4 Å². The number of nitrogens with zero attached hydrogens (tertiary/aromatic N) is 6. The molecule has 2 aromatic heterocycles. The first-order valence-electron chi connectivity index (χ1n) is 16.8. The van der Waals surface area contributed by atoms with Crippen molar-refractivity contribution in [3.8, 4) is 23.2 Å². The van der Waals surface area contributed by atoms with Crippen LogP contribution in [0.15, 0.2) is 36.9 Å². The van der Waals surface area contributed by atoms with E-state index in [2.05, 4.69) is 11.5 Å². The Morgan fingerprint density at radius 2 is 2.08 bits per heavy atom. The molecule has 3 saturated heterocycles. The minimum atomic E-state index is -0.939.